The molecule has 0 radical (unpaired) electrons. The Hall–Kier alpha value is -1.39. The molecule has 0 spiro atoms. The number of nitrogens with two attached hydrogens (primary N) is 1. The maximum Gasteiger partial charge on any atom is 0.128 e. The second kappa shape index (κ2) is 6.86. The van der Waals surface area contributed by atoms with Gasteiger partial charge in [0.1, 0.15) is 5.82 Å². The van der Waals surface area contributed by atoms with Gasteiger partial charge >= 0.3 is 0 Å². The Balaban J connectivity index is 2.41. The van der Waals surface area contributed by atoms with E-state index in [2.05, 4.69) is 63.5 Å². The van der Waals surface area contributed by atoms with Crippen LogP contribution in [0.2, 0.25) is 0 Å². The summed E-state index contributed by atoms with van der Waals surface area (Å²) in [6.45, 7) is 5.13. The second-order valence-corrected chi connectivity index (χ2v) is 5.84. The lowest BCUT2D eigenvalue weighted by molar-refractivity contribution is 0.598. The minimum atomic E-state index is 0.0791. The van der Waals surface area contributed by atoms with Gasteiger partial charge in [0, 0.05) is 16.2 Å². The number of anilines is 1. The summed E-state index contributed by atoms with van der Waals surface area (Å²) in [4.78, 5) is 4.28. The highest BCUT2D eigenvalue weighted by Gasteiger charge is 2.16. The second-order valence-electron chi connectivity index (χ2n) is 4.93. The zero-order chi connectivity index (χ0) is 14.5. The molecule has 0 saturated carbocycles. The van der Waals surface area contributed by atoms with Crippen molar-refractivity contribution in [3.05, 3.63) is 57.7 Å². The third-order valence-electron chi connectivity index (χ3n) is 3.20. The first-order valence-corrected chi connectivity index (χ1v) is 7.62. The van der Waals surface area contributed by atoms with Gasteiger partial charge in [0.2, 0.25) is 0 Å². The quantitative estimate of drug-likeness (QED) is 0.874. The minimum absolute atomic E-state index is 0.0791. The molecule has 0 bridgehead atoms. The van der Waals surface area contributed by atoms with Crippen LogP contribution < -0.4 is 11.1 Å². The number of hydrogen-bond acceptors (Lipinski definition) is 3. The van der Waals surface area contributed by atoms with Gasteiger partial charge in [-0.05, 0) is 49.2 Å². The highest BCUT2D eigenvalue weighted by molar-refractivity contribution is 9.10. The summed E-state index contributed by atoms with van der Waals surface area (Å²) in [5.74, 6) is 0.590. The Morgan fingerprint density at radius 1 is 1.30 bits per heavy atom. The fourth-order valence-corrected chi connectivity index (χ4v) is 2.45. The van der Waals surface area contributed by atoms with Crippen LogP contribution in [0.1, 0.15) is 36.1 Å². The molecule has 1 aromatic carbocycles. The number of pyridine rings is 1. The van der Waals surface area contributed by atoms with Crippen molar-refractivity contribution in [1.29, 1.82) is 0 Å². The van der Waals surface area contributed by atoms with Gasteiger partial charge in [0.15, 0.2) is 0 Å². The molecule has 106 valence electrons. The van der Waals surface area contributed by atoms with Crippen molar-refractivity contribution in [2.24, 2.45) is 0 Å². The predicted molar refractivity (Wildman–Crippen MR) is 87.7 cm³/mol. The Kier molecular flexibility index (Phi) is 5.15. The molecule has 1 atom stereocenters. The number of benzene rings is 1. The summed E-state index contributed by atoms with van der Waals surface area (Å²) in [5.41, 5.74) is 9.43. The third-order valence-corrected chi connectivity index (χ3v) is 3.73. The normalized spacial score (nSPS) is 12.3. The van der Waals surface area contributed by atoms with E-state index >= 15 is 0 Å². The van der Waals surface area contributed by atoms with Crippen LogP contribution in [-0.2, 0) is 0 Å². The third kappa shape index (κ3) is 3.58. The van der Waals surface area contributed by atoms with Crippen LogP contribution in [0.3, 0.4) is 0 Å². The Morgan fingerprint density at radius 3 is 2.65 bits per heavy atom. The van der Waals surface area contributed by atoms with E-state index < -0.39 is 0 Å². The van der Waals surface area contributed by atoms with Crippen LogP contribution in [0.5, 0.6) is 0 Å². The number of nitrogens with one attached hydrogen (secondary N) is 1. The number of hydrogen-bond donors (Lipinski definition) is 2. The number of nitrogen functional groups attached to an aromatic ring is 1. The Morgan fingerprint density at radius 2 is 2.00 bits per heavy atom. The van der Waals surface area contributed by atoms with E-state index in [0.717, 1.165) is 28.6 Å². The molecule has 1 heterocycles. The smallest absolute Gasteiger partial charge is 0.128 e. The molecule has 0 aliphatic heterocycles. The lowest BCUT2D eigenvalue weighted by atomic mass is 9.98. The lowest BCUT2D eigenvalue weighted by Crippen LogP contribution is -2.24. The summed E-state index contributed by atoms with van der Waals surface area (Å²) in [7, 11) is 0. The summed E-state index contributed by atoms with van der Waals surface area (Å²) < 4.78 is 1.07. The molecule has 4 heteroatoms. The van der Waals surface area contributed by atoms with Crippen molar-refractivity contribution < 1.29 is 0 Å². The van der Waals surface area contributed by atoms with E-state index in [1.807, 2.05) is 6.92 Å². The fraction of sp³-hybridized carbons (Fsp3) is 0.312. The Bertz CT molecular complexity index is 566. The first-order chi connectivity index (χ1) is 9.61. The standard InChI is InChI=1S/C16H20BrN3/c1-3-8-19-15(12-4-6-13(17)7-5-12)14-9-11(2)10-20-16(14)18/h4-7,9-10,15,19H,3,8H2,1-2H3,(H2,18,20). The molecule has 0 saturated heterocycles. The molecule has 0 fully saturated rings. The molecule has 2 aromatic rings. The number of halogens is 1. The molecule has 2 rings (SSSR count). The highest BCUT2D eigenvalue weighted by atomic mass is 79.9. The van der Waals surface area contributed by atoms with Gasteiger partial charge in [-0.2, -0.15) is 0 Å². The van der Waals surface area contributed by atoms with Gasteiger partial charge in [-0.1, -0.05) is 35.0 Å². The summed E-state index contributed by atoms with van der Waals surface area (Å²) in [6.07, 6.45) is 2.88. The maximum atomic E-state index is 6.07. The van der Waals surface area contributed by atoms with Gasteiger partial charge in [0.05, 0.1) is 6.04 Å². The van der Waals surface area contributed by atoms with Crippen LogP contribution in [-0.4, -0.2) is 11.5 Å². The van der Waals surface area contributed by atoms with E-state index in [-0.39, 0.29) is 6.04 Å². The van der Waals surface area contributed by atoms with Crippen molar-refractivity contribution in [2.75, 3.05) is 12.3 Å². The summed E-state index contributed by atoms with van der Waals surface area (Å²) >= 11 is 3.47. The van der Waals surface area contributed by atoms with Gasteiger partial charge in [-0.3, -0.25) is 0 Å². The molecule has 0 amide bonds. The van der Waals surface area contributed by atoms with Crippen LogP contribution in [0, 0.1) is 6.92 Å². The summed E-state index contributed by atoms with van der Waals surface area (Å²) in [5, 5.41) is 3.55. The van der Waals surface area contributed by atoms with Crippen LogP contribution >= 0.6 is 15.9 Å². The SMILES string of the molecule is CCCNC(c1ccc(Br)cc1)c1cc(C)cnc1N. The summed E-state index contributed by atoms with van der Waals surface area (Å²) in [6, 6.07) is 10.5. The molecule has 3 N–H and O–H groups in total. The molecule has 0 aliphatic carbocycles. The zero-order valence-electron chi connectivity index (χ0n) is 11.9. The highest BCUT2D eigenvalue weighted by Crippen LogP contribution is 2.27. The number of aryl methyl sites for hydroxylation is 1. The van der Waals surface area contributed by atoms with Crippen LogP contribution in [0.15, 0.2) is 41.0 Å². The van der Waals surface area contributed by atoms with Crippen LogP contribution in [0.4, 0.5) is 5.82 Å². The lowest BCUT2D eigenvalue weighted by Gasteiger charge is -2.21. The average molecular weight is 334 g/mol. The maximum absolute atomic E-state index is 6.07. The zero-order valence-corrected chi connectivity index (χ0v) is 13.4. The molecule has 1 unspecified atom stereocenters. The first kappa shape index (κ1) is 15.0. The fourth-order valence-electron chi connectivity index (χ4n) is 2.18. The van der Waals surface area contributed by atoms with Gasteiger partial charge in [-0.25, -0.2) is 4.98 Å². The van der Waals surface area contributed by atoms with E-state index in [4.69, 9.17) is 5.73 Å². The number of nitrogens with zero attached hydrogens (tertiary/aromatic N) is 1. The molecule has 20 heavy (non-hydrogen) atoms. The molecular formula is C16H20BrN3. The van der Waals surface area contributed by atoms with E-state index in [1.54, 1.807) is 6.20 Å². The largest absolute Gasteiger partial charge is 0.383 e. The molecular weight excluding hydrogens is 314 g/mol. The average Bonchev–Trinajstić information content (AvgIpc) is 2.44. The molecule has 3 nitrogen and oxygen atoms in total. The van der Waals surface area contributed by atoms with Gasteiger partial charge in [-0.15, -0.1) is 0 Å². The predicted octanol–water partition coefficient (Wildman–Crippen LogP) is 3.82. The van der Waals surface area contributed by atoms with Crippen molar-refractivity contribution in [3.63, 3.8) is 0 Å². The number of aromatic nitrogens is 1. The van der Waals surface area contributed by atoms with E-state index in [9.17, 15) is 0 Å². The number of rotatable bonds is 5. The minimum Gasteiger partial charge on any atom is -0.383 e. The van der Waals surface area contributed by atoms with E-state index in [0.29, 0.717) is 5.82 Å². The van der Waals surface area contributed by atoms with Crippen molar-refractivity contribution in [3.8, 4) is 0 Å². The van der Waals surface area contributed by atoms with E-state index in [1.165, 1.54) is 5.56 Å². The van der Waals surface area contributed by atoms with Gasteiger partial charge < -0.3 is 11.1 Å². The first-order valence-electron chi connectivity index (χ1n) is 6.82. The Labute approximate surface area is 128 Å². The van der Waals surface area contributed by atoms with Crippen molar-refractivity contribution in [1.82, 2.24) is 10.3 Å². The monoisotopic (exact) mass is 333 g/mol. The molecule has 1 aromatic heterocycles. The van der Waals surface area contributed by atoms with Crippen molar-refractivity contribution >= 4 is 21.7 Å². The van der Waals surface area contributed by atoms with Crippen molar-refractivity contribution in [2.45, 2.75) is 26.3 Å². The topological polar surface area (TPSA) is 50.9 Å². The van der Waals surface area contributed by atoms with Crippen LogP contribution in [0.25, 0.3) is 0 Å². The molecule has 0 aliphatic rings. The van der Waals surface area contributed by atoms with Gasteiger partial charge in [0.25, 0.3) is 0 Å².